The van der Waals surface area contributed by atoms with Crippen LogP contribution in [0, 0.1) is 0 Å². The molecule has 2 aromatic heterocycles. The summed E-state index contributed by atoms with van der Waals surface area (Å²) in [6.07, 6.45) is 7.59. The van der Waals surface area contributed by atoms with Crippen LogP contribution in [-0.4, -0.2) is 50.7 Å². The number of nitrogens with zero attached hydrogens (tertiary/aromatic N) is 6. The Morgan fingerprint density at radius 2 is 2.19 bits per heavy atom. The maximum absolute atomic E-state index is 4.85. The second kappa shape index (κ2) is 9.12. The molecule has 8 heteroatoms. The molecule has 1 N–H and O–H groups in total. The van der Waals surface area contributed by atoms with Gasteiger partial charge in [-0.1, -0.05) is 6.92 Å². The van der Waals surface area contributed by atoms with E-state index in [0.29, 0.717) is 6.54 Å². The number of rotatable bonds is 7. The zero-order valence-electron chi connectivity index (χ0n) is 16.0. The van der Waals surface area contributed by atoms with Crippen molar-refractivity contribution < 1.29 is 0 Å². The van der Waals surface area contributed by atoms with Crippen LogP contribution in [0.1, 0.15) is 48.1 Å². The van der Waals surface area contributed by atoms with Gasteiger partial charge < -0.3 is 14.8 Å². The molecule has 0 saturated heterocycles. The maximum Gasteiger partial charge on any atom is 0.194 e. The zero-order chi connectivity index (χ0) is 18.4. The number of guanidine groups is 1. The minimum Gasteiger partial charge on any atom is -0.357 e. The van der Waals surface area contributed by atoms with Gasteiger partial charge in [-0.3, -0.25) is 4.99 Å². The fourth-order valence-electron chi connectivity index (χ4n) is 3.22. The molecule has 26 heavy (non-hydrogen) atoms. The van der Waals surface area contributed by atoms with Crippen LogP contribution in [0.2, 0.25) is 0 Å². The van der Waals surface area contributed by atoms with Crippen LogP contribution in [-0.2, 0) is 32.4 Å². The average molecular weight is 376 g/mol. The SMILES string of the molecule is CCNC(=NCCn1cnnc1CC)N(C)Cc1nc2c(s1)CCCC2. The van der Waals surface area contributed by atoms with E-state index in [0.717, 1.165) is 44.3 Å². The lowest BCUT2D eigenvalue weighted by molar-refractivity contribution is 0.473. The van der Waals surface area contributed by atoms with Gasteiger partial charge in [0.25, 0.3) is 0 Å². The zero-order valence-corrected chi connectivity index (χ0v) is 16.8. The van der Waals surface area contributed by atoms with Crippen molar-refractivity contribution in [2.45, 2.75) is 59.0 Å². The Bertz CT molecular complexity index is 710. The van der Waals surface area contributed by atoms with Crippen LogP contribution < -0.4 is 5.32 Å². The molecule has 0 radical (unpaired) electrons. The molecule has 0 atom stereocenters. The first-order chi connectivity index (χ1) is 12.7. The quantitative estimate of drug-likeness (QED) is 0.594. The highest BCUT2D eigenvalue weighted by Gasteiger charge is 2.16. The van der Waals surface area contributed by atoms with Crippen molar-refractivity contribution in [2.75, 3.05) is 20.1 Å². The third-order valence-electron chi connectivity index (χ3n) is 4.57. The van der Waals surface area contributed by atoms with Gasteiger partial charge in [-0.25, -0.2) is 4.98 Å². The van der Waals surface area contributed by atoms with Gasteiger partial charge in [-0.2, -0.15) is 0 Å². The van der Waals surface area contributed by atoms with Crippen molar-refractivity contribution in [2.24, 2.45) is 4.99 Å². The molecule has 0 fully saturated rings. The molecule has 3 rings (SSSR count). The molecule has 2 aromatic rings. The van der Waals surface area contributed by atoms with Crippen LogP contribution >= 0.6 is 11.3 Å². The van der Waals surface area contributed by atoms with E-state index in [-0.39, 0.29) is 0 Å². The molecule has 0 spiro atoms. The number of aliphatic imine (C=N–C) groups is 1. The Hall–Kier alpha value is -1.96. The summed E-state index contributed by atoms with van der Waals surface area (Å²) < 4.78 is 2.07. The van der Waals surface area contributed by atoms with Crippen molar-refractivity contribution >= 4 is 17.3 Å². The van der Waals surface area contributed by atoms with E-state index in [1.807, 2.05) is 11.3 Å². The van der Waals surface area contributed by atoms with E-state index in [1.54, 1.807) is 6.33 Å². The molecule has 0 bridgehead atoms. The van der Waals surface area contributed by atoms with Gasteiger partial charge in [0.2, 0.25) is 0 Å². The molecular weight excluding hydrogens is 346 g/mol. The molecular formula is C18H29N7S. The summed E-state index contributed by atoms with van der Waals surface area (Å²) in [6, 6.07) is 0. The standard InChI is InChI=1S/C18H29N7S/c1-4-16-23-21-13-25(16)11-10-20-18(19-5-2)24(3)12-17-22-14-8-6-7-9-15(14)26-17/h13H,4-12H2,1-3H3,(H,19,20). The van der Waals surface area contributed by atoms with E-state index in [4.69, 9.17) is 9.98 Å². The number of hydrogen-bond donors (Lipinski definition) is 1. The molecule has 2 heterocycles. The minimum atomic E-state index is 0.700. The molecule has 1 aliphatic carbocycles. The van der Waals surface area contributed by atoms with Crippen molar-refractivity contribution in [1.82, 2.24) is 30.0 Å². The highest BCUT2D eigenvalue weighted by molar-refractivity contribution is 7.11. The summed E-state index contributed by atoms with van der Waals surface area (Å²) in [7, 11) is 2.08. The monoisotopic (exact) mass is 375 g/mol. The first kappa shape index (κ1) is 18.8. The van der Waals surface area contributed by atoms with Gasteiger partial charge in [0.15, 0.2) is 5.96 Å². The predicted molar refractivity (Wildman–Crippen MR) is 106 cm³/mol. The third kappa shape index (κ3) is 4.60. The molecule has 7 nitrogen and oxygen atoms in total. The lowest BCUT2D eigenvalue weighted by atomic mass is 10.0. The number of hydrogen-bond acceptors (Lipinski definition) is 5. The molecule has 0 unspecified atom stereocenters. The summed E-state index contributed by atoms with van der Waals surface area (Å²) in [5, 5.41) is 12.7. The van der Waals surface area contributed by atoms with Crippen molar-refractivity contribution in [3.63, 3.8) is 0 Å². The number of aryl methyl sites for hydroxylation is 3. The van der Waals surface area contributed by atoms with Gasteiger partial charge in [0.1, 0.15) is 17.2 Å². The molecule has 0 aliphatic heterocycles. The normalized spacial score (nSPS) is 14.3. The number of fused-ring (bicyclic) bond motifs is 1. The fourth-order valence-corrected chi connectivity index (χ4v) is 4.43. The summed E-state index contributed by atoms with van der Waals surface area (Å²) >= 11 is 1.87. The minimum absolute atomic E-state index is 0.700. The van der Waals surface area contributed by atoms with Crippen LogP contribution in [0.3, 0.4) is 0 Å². The summed E-state index contributed by atoms with van der Waals surface area (Å²) in [6.45, 7) is 7.34. The Morgan fingerprint density at radius 1 is 1.35 bits per heavy atom. The Morgan fingerprint density at radius 3 is 2.96 bits per heavy atom. The van der Waals surface area contributed by atoms with E-state index in [9.17, 15) is 0 Å². The van der Waals surface area contributed by atoms with Crippen LogP contribution in [0.25, 0.3) is 0 Å². The van der Waals surface area contributed by atoms with Gasteiger partial charge in [0.05, 0.1) is 18.8 Å². The fraction of sp³-hybridized carbons (Fsp3) is 0.667. The van der Waals surface area contributed by atoms with Crippen molar-refractivity contribution in [3.8, 4) is 0 Å². The number of nitrogens with one attached hydrogen (secondary N) is 1. The maximum atomic E-state index is 4.85. The Labute approximate surface area is 159 Å². The van der Waals surface area contributed by atoms with E-state index < -0.39 is 0 Å². The topological polar surface area (TPSA) is 71.2 Å². The first-order valence-corrected chi connectivity index (χ1v) is 10.4. The van der Waals surface area contributed by atoms with Gasteiger partial charge >= 0.3 is 0 Å². The number of thiazole rings is 1. The smallest absolute Gasteiger partial charge is 0.194 e. The molecule has 1 aliphatic rings. The van der Waals surface area contributed by atoms with Crippen LogP contribution in [0.4, 0.5) is 0 Å². The third-order valence-corrected chi connectivity index (χ3v) is 5.72. The molecule has 0 aromatic carbocycles. The first-order valence-electron chi connectivity index (χ1n) is 9.54. The summed E-state index contributed by atoms with van der Waals surface area (Å²) in [5.41, 5.74) is 1.33. The molecule has 0 amide bonds. The summed E-state index contributed by atoms with van der Waals surface area (Å²) in [5.74, 6) is 1.93. The average Bonchev–Trinajstić information content (AvgIpc) is 3.26. The second-order valence-electron chi connectivity index (χ2n) is 6.57. The van der Waals surface area contributed by atoms with Crippen LogP contribution in [0.5, 0.6) is 0 Å². The Kier molecular flexibility index (Phi) is 6.60. The largest absolute Gasteiger partial charge is 0.357 e. The lowest BCUT2D eigenvalue weighted by Gasteiger charge is -2.21. The highest BCUT2D eigenvalue weighted by atomic mass is 32.1. The highest BCUT2D eigenvalue weighted by Crippen LogP contribution is 2.27. The van der Waals surface area contributed by atoms with E-state index >= 15 is 0 Å². The lowest BCUT2D eigenvalue weighted by Crippen LogP contribution is -2.38. The summed E-state index contributed by atoms with van der Waals surface area (Å²) in [4.78, 5) is 13.3. The van der Waals surface area contributed by atoms with Crippen molar-refractivity contribution in [1.29, 1.82) is 0 Å². The van der Waals surface area contributed by atoms with E-state index in [1.165, 1.54) is 34.8 Å². The predicted octanol–water partition coefficient (Wildman–Crippen LogP) is 2.27. The van der Waals surface area contributed by atoms with Gasteiger partial charge in [-0.05, 0) is 32.6 Å². The van der Waals surface area contributed by atoms with E-state index in [2.05, 4.69) is 45.9 Å². The van der Waals surface area contributed by atoms with Gasteiger partial charge in [-0.15, -0.1) is 21.5 Å². The van der Waals surface area contributed by atoms with Gasteiger partial charge in [0, 0.05) is 31.4 Å². The van der Waals surface area contributed by atoms with Crippen LogP contribution in [0.15, 0.2) is 11.3 Å². The Balaban J connectivity index is 1.61. The van der Waals surface area contributed by atoms with Crippen molar-refractivity contribution in [3.05, 3.63) is 27.7 Å². The molecule has 0 saturated carbocycles. The second-order valence-corrected chi connectivity index (χ2v) is 7.74. The number of aromatic nitrogens is 4. The molecule has 142 valence electrons.